The van der Waals surface area contributed by atoms with Gasteiger partial charge in [0.15, 0.2) is 0 Å². The number of pyridine rings is 1. The Morgan fingerprint density at radius 1 is 1.18 bits per heavy atom. The second-order valence-corrected chi connectivity index (χ2v) is 7.79. The van der Waals surface area contributed by atoms with Gasteiger partial charge in [0, 0.05) is 44.1 Å². The van der Waals surface area contributed by atoms with Gasteiger partial charge in [0.25, 0.3) is 5.91 Å². The Morgan fingerprint density at radius 2 is 1.88 bits per heavy atom. The molecule has 1 aliphatic rings. The average molecular weight is 462 g/mol. The second-order valence-electron chi connectivity index (χ2n) is 7.79. The molecule has 0 bridgehead atoms. The van der Waals surface area contributed by atoms with E-state index in [1.807, 2.05) is 35.2 Å². The van der Waals surface area contributed by atoms with Crippen LogP contribution in [0.2, 0.25) is 0 Å². The minimum absolute atomic E-state index is 0.00900. The summed E-state index contributed by atoms with van der Waals surface area (Å²) in [6.07, 6.45) is 5.87. The van der Waals surface area contributed by atoms with Gasteiger partial charge in [-0.2, -0.15) is 0 Å². The van der Waals surface area contributed by atoms with E-state index in [-0.39, 0.29) is 18.3 Å². The summed E-state index contributed by atoms with van der Waals surface area (Å²) in [7, 11) is 1.53. The summed E-state index contributed by atoms with van der Waals surface area (Å²) < 4.78 is 10.8. The van der Waals surface area contributed by atoms with Gasteiger partial charge in [-0.3, -0.25) is 14.6 Å². The predicted molar refractivity (Wildman–Crippen MR) is 128 cm³/mol. The number of aromatic nitrogens is 2. The molecule has 0 atom stereocenters. The third-order valence-corrected chi connectivity index (χ3v) is 5.84. The fourth-order valence-corrected chi connectivity index (χ4v) is 4.04. The van der Waals surface area contributed by atoms with Gasteiger partial charge in [-0.1, -0.05) is 24.8 Å². The van der Waals surface area contributed by atoms with Crippen molar-refractivity contribution in [3.63, 3.8) is 0 Å². The molecule has 0 unspecified atom stereocenters. The third kappa shape index (κ3) is 4.45. The minimum atomic E-state index is -0.215. The highest BCUT2D eigenvalue weighted by Crippen LogP contribution is 2.32. The topological polar surface area (TPSA) is 114 Å². The number of carbonyl (C=O) groups excluding carboxylic acids is 2. The van der Waals surface area contributed by atoms with E-state index in [9.17, 15) is 9.59 Å². The van der Waals surface area contributed by atoms with Crippen LogP contribution in [0.1, 0.15) is 26.4 Å². The lowest BCUT2D eigenvalue weighted by molar-refractivity contribution is 0.0662. The number of carbonyl (C=O) groups is 2. The minimum Gasteiger partial charge on any atom is -0.494 e. The first-order valence-corrected chi connectivity index (χ1v) is 10.9. The molecule has 9 heteroatoms. The zero-order chi connectivity index (χ0) is 24.1. The van der Waals surface area contributed by atoms with E-state index in [0.29, 0.717) is 65.3 Å². The van der Waals surface area contributed by atoms with Crippen LogP contribution in [0.4, 0.5) is 0 Å². The molecule has 0 saturated carbocycles. The molecule has 2 aromatic heterocycles. The molecular formula is C25H27N5O4. The molecule has 34 heavy (non-hydrogen) atoms. The lowest BCUT2D eigenvalue weighted by Crippen LogP contribution is -2.48. The van der Waals surface area contributed by atoms with Crippen LogP contribution in [-0.2, 0) is 11.3 Å². The molecule has 3 heterocycles. The van der Waals surface area contributed by atoms with E-state index < -0.39 is 0 Å². The highest BCUT2D eigenvalue weighted by molar-refractivity contribution is 6.17. The van der Waals surface area contributed by atoms with Gasteiger partial charge in [-0.05, 0) is 12.1 Å². The Bertz CT molecular complexity index is 1230. The number of amides is 1. The number of benzene rings is 1. The molecule has 176 valence electrons. The van der Waals surface area contributed by atoms with Gasteiger partial charge in [0.2, 0.25) is 5.78 Å². The number of methoxy groups -OCH3 is 1. The van der Waals surface area contributed by atoms with Crippen LogP contribution in [0.3, 0.4) is 0 Å². The second kappa shape index (κ2) is 10.1. The number of rotatable bonds is 8. The number of ether oxygens (including phenoxy) is 2. The van der Waals surface area contributed by atoms with Gasteiger partial charge >= 0.3 is 0 Å². The Balaban J connectivity index is 1.50. The van der Waals surface area contributed by atoms with Crippen molar-refractivity contribution in [1.82, 2.24) is 19.8 Å². The summed E-state index contributed by atoms with van der Waals surface area (Å²) in [5.74, 6) is 0.251. The predicted octanol–water partition coefficient (Wildman–Crippen LogP) is 2.67. The Labute approximate surface area is 197 Å². The largest absolute Gasteiger partial charge is 0.494 e. The first-order valence-electron chi connectivity index (χ1n) is 10.9. The van der Waals surface area contributed by atoms with Crippen molar-refractivity contribution in [2.24, 2.45) is 5.73 Å². The summed E-state index contributed by atoms with van der Waals surface area (Å²) in [5, 5.41) is 0.622. The SMILES string of the molecule is C=C(C(=O)c1c[nH]c2c(CO/C=C\N)ncc(OC)c12)N1CCN(C(=O)c2ccccc2)CC1. The monoisotopic (exact) mass is 461 g/mol. The highest BCUT2D eigenvalue weighted by atomic mass is 16.5. The molecule has 4 rings (SSSR count). The molecule has 0 spiro atoms. The van der Waals surface area contributed by atoms with E-state index in [4.69, 9.17) is 15.2 Å². The fraction of sp³-hybridized carbons (Fsp3) is 0.240. The fourth-order valence-electron chi connectivity index (χ4n) is 4.04. The van der Waals surface area contributed by atoms with Gasteiger partial charge in [-0.15, -0.1) is 0 Å². The van der Waals surface area contributed by atoms with Crippen LogP contribution >= 0.6 is 0 Å². The molecule has 1 amide bonds. The van der Waals surface area contributed by atoms with E-state index in [2.05, 4.69) is 16.5 Å². The van der Waals surface area contributed by atoms with E-state index in [1.165, 1.54) is 19.6 Å². The van der Waals surface area contributed by atoms with Crippen molar-refractivity contribution in [2.75, 3.05) is 33.3 Å². The first-order chi connectivity index (χ1) is 16.5. The summed E-state index contributed by atoms with van der Waals surface area (Å²) in [6, 6.07) is 9.19. The maximum Gasteiger partial charge on any atom is 0.253 e. The van der Waals surface area contributed by atoms with Gasteiger partial charge in [0.1, 0.15) is 18.1 Å². The quantitative estimate of drug-likeness (QED) is 0.301. The molecule has 1 aromatic carbocycles. The molecule has 3 aromatic rings. The Kier molecular flexibility index (Phi) is 6.82. The number of nitrogens with zero attached hydrogens (tertiary/aromatic N) is 3. The molecule has 9 nitrogen and oxygen atoms in total. The lowest BCUT2D eigenvalue weighted by Gasteiger charge is -2.36. The van der Waals surface area contributed by atoms with Crippen molar-refractivity contribution < 1.29 is 19.1 Å². The lowest BCUT2D eigenvalue weighted by atomic mass is 10.1. The van der Waals surface area contributed by atoms with Crippen molar-refractivity contribution in [3.05, 3.63) is 84.3 Å². The average Bonchev–Trinajstić information content (AvgIpc) is 3.34. The van der Waals surface area contributed by atoms with E-state index in [0.717, 1.165) is 0 Å². The molecule has 1 aliphatic heterocycles. The zero-order valence-electron chi connectivity index (χ0n) is 19.0. The number of allylic oxidation sites excluding steroid dienone is 1. The number of aromatic amines is 1. The normalized spacial score (nSPS) is 13.9. The van der Waals surface area contributed by atoms with E-state index in [1.54, 1.807) is 17.3 Å². The van der Waals surface area contributed by atoms with Crippen LogP contribution in [0.15, 0.2) is 67.5 Å². The van der Waals surface area contributed by atoms with Gasteiger partial charge in [0.05, 0.1) is 41.7 Å². The Morgan fingerprint density at radius 3 is 2.56 bits per heavy atom. The smallest absolute Gasteiger partial charge is 0.253 e. The summed E-state index contributed by atoms with van der Waals surface area (Å²) in [4.78, 5) is 37.3. The highest BCUT2D eigenvalue weighted by Gasteiger charge is 2.27. The van der Waals surface area contributed by atoms with Gasteiger partial charge < -0.3 is 30.0 Å². The molecule has 0 aliphatic carbocycles. The third-order valence-electron chi connectivity index (χ3n) is 5.84. The Hall–Kier alpha value is -4.27. The maximum atomic E-state index is 13.4. The van der Waals surface area contributed by atoms with Crippen molar-refractivity contribution in [3.8, 4) is 5.75 Å². The van der Waals surface area contributed by atoms with Crippen molar-refractivity contribution in [1.29, 1.82) is 0 Å². The number of hydrogen-bond donors (Lipinski definition) is 2. The summed E-state index contributed by atoms with van der Waals surface area (Å²) >= 11 is 0. The molecule has 0 radical (unpaired) electrons. The summed E-state index contributed by atoms with van der Waals surface area (Å²) in [6.45, 7) is 6.31. The van der Waals surface area contributed by atoms with E-state index >= 15 is 0 Å². The number of Topliss-reactive ketones (excluding diaryl/α,β-unsaturated/α-hetero) is 1. The zero-order valence-corrected chi connectivity index (χ0v) is 19.0. The van der Waals surface area contributed by atoms with Crippen molar-refractivity contribution in [2.45, 2.75) is 6.61 Å². The number of hydrogen-bond acceptors (Lipinski definition) is 7. The number of nitrogens with two attached hydrogens (primary N) is 1. The number of piperazine rings is 1. The standard InChI is InChI=1S/C25H27N5O4/c1-17(29-9-11-30(12-10-29)25(32)18-6-4-3-5-7-18)24(31)19-14-28-23-20(16-34-13-8-26)27-15-21(33-2)22(19)23/h3-8,13-15,28H,1,9-12,16,26H2,2H3/b13-8-. The summed E-state index contributed by atoms with van der Waals surface area (Å²) in [5.41, 5.74) is 8.06. The van der Waals surface area contributed by atoms with Crippen LogP contribution in [0.25, 0.3) is 10.9 Å². The molecule has 1 fully saturated rings. The van der Waals surface area contributed by atoms with Crippen LogP contribution in [-0.4, -0.2) is 64.7 Å². The van der Waals surface area contributed by atoms with Gasteiger partial charge in [-0.25, -0.2) is 0 Å². The van der Waals surface area contributed by atoms with Crippen LogP contribution < -0.4 is 10.5 Å². The van der Waals surface area contributed by atoms with Crippen LogP contribution in [0, 0.1) is 0 Å². The number of fused-ring (bicyclic) bond motifs is 1. The van der Waals surface area contributed by atoms with Crippen molar-refractivity contribution >= 4 is 22.6 Å². The maximum absolute atomic E-state index is 13.4. The number of nitrogens with one attached hydrogen (secondary N) is 1. The first kappa shape index (κ1) is 22.9. The molecular weight excluding hydrogens is 434 g/mol. The number of H-pyrrole nitrogens is 1. The molecule has 1 saturated heterocycles. The molecule has 3 N–H and O–H groups in total. The number of ketones is 1. The van der Waals surface area contributed by atoms with Crippen LogP contribution in [0.5, 0.6) is 5.75 Å².